The molecule has 2 aromatic carbocycles. The van der Waals surface area contributed by atoms with Gasteiger partial charge in [-0.05, 0) is 35.4 Å². The number of nitrogens with zero attached hydrogens (tertiary/aromatic N) is 3. The molecule has 1 N–H and O–H groups in total. The first-order valence-corrected chi connectivity index (χ1v) is 11.2. The minimum Gasteiger partial charge on any atom is -0.451 e. The average molecular weight is 443 g/mol. The van der Waals surface area contributed by atoms with Gasteiger partial charge < -0.3 is 19.4 Å². The molecule has 1 fully saturated rings. The van der Waals surface area contributed by atoms with Gasteiger partial charge in [0.2, 0.25) is 0 Å². The van der Waals surface area contributed by atoms with E-state index in [1.54, 1.807) is 12.0 Å². The first kappa shape index (κ1) is 21.3. The smallest absolute Gasteiger partial charge is 0.296 e. The molecule has 168 valence electrons. The van der Waals surface area contributed by atoms with Gasteiger partial charge in [-0.3, -0.25) is 9.69 Å². The van der Waals surface area contributed by atoms with E-state index in [1.165, 1.54) is 5.69 Å². The van der Waals surface area contributed by atoms with Crippen LogP contribution in [0.3, 0.4) is 0 Å². The summed E-state index contributed by atoms with van der Waals surface area (Å²) in [6.07, 6.45) is 0.970. The van der Waals surface area contributed by atoms with Crippen LogP contribution in [0.15, 0.2) is 52.9 Å². The van der Waals surface area contributed by atoms with Crippen LogP contribution in [0.4, 0.5) is 11.4 Å². The Labute approximate surface area is 193 Å². The number of carbonyl (C=O) groups is 1. The van der Waals surface area contributed by atoms with Crippen molar-refractivity contribution in [3.63, 3.8) is 0 Å². The van der Waals surface area contributed by atoms with Crippen molar-refractivity contribution >= 4 is 17.3 Å². The molecule has 7 nitrogen and oxygen atoms in total. The van der Waals surface area contributed by atoms with Gasteiger partial charge >= 0.3 is 0 Å². The minimum absolute atomic E-state index is 0.150. The molecule has 0 saturated carbocycles. The molecule has 7 heteroatoms. The molecule has 0 bridgehead atoms. The zero-order valence-corrected chi connectivity index (χ0v) is 18.6. The summed E-state index contributed by atoms with van der Waals surface area (Å²) in [6, 6.07) is 18.1. The number of methoxy groups -OCH3 is 1. The Balaban J connectivity index is 1.53. The van der Waals surface area contributed by atoms with E-state index in [-0.39, 0.29) is 12.6 Å². The van der Waals surface area contributed by atoms with Crippen molar-refractivity contribution in [1.82, 2.24) is 5.32 Å². The standard InChI is InChI=1S/C26H26N4O3/c1-32-17-30-23-7-6-22(29-12-10-28-11-13-29)15-20(23)14-21-16-24(33-25(21)26(30)31)19-4-2-18(3-5-19)8-9-27/h2-7,15-16,28H,8,10-14,17H2,1H3. The predicted octanol–water partition coefficient (Wildman–Crippen LogP) is 3.58. The van der Waals surface area contributed by atoms with Crippen LogP contribution in [0.5, 0.6) is 0 Å². The minimum atomic E-state index is -0.201. The number of nitrogens with one attached hydrogen (secondary N) is 1. The van der Waals surface area contributed by atoms with Crippen molar-refractivity contribution in [2.24, 2.45) is 0 Å². The number of anilines is 2. The van der Waals surface area contributed by atoms with E-state index in [9.17, 15) is 4.79 Å². The number of nitriles is 1. The van der Waals surface area contributed by atoms with Gasteiger partial charge in [-0.15, -0.1) is 0 Å². The van der Waals surface area contributed by atoms with E-state index in [1.807, 2.05) is 36.4 Å². The van der Waals surface area contributed by atoms with Crippen molar-refractivity contribution in [3.05, 3.63) is 71.0 Å². The highest BCUT2D eigenvalue weighted by Gasteiger charge is 2.31. The molecule has 0 atom stereocenters. The summed E-state index contributed by atoms with van der Waals surface area (Å²) in [4.78, 5) is 17.5. The first-order valence-electron chi connectivity index (χ1n) is 11.2. The molecule has 1 amide bonds. The monoisotopic (exact) mass is 442 g/mol. The molecule has 0 aliphatic carbocycles. The van der Waals surface area contributed by atoms with Gasteiger partial charge in [-0.2, -0.15) is 5.26 Å². The van der Waals surface area contributed by atoms with Crippen LogP contribution in [-0.4, -0.2) is 45.9 Å². The fourth-order valence-electron chi connectivity index (χ4n) is 4.55. The topological polar surface area (TPSA) is 81.7 Å². The van der Waals surface area contributed by atoms with E-state index in [2.05, 4.69) is 28.4 Å². The summed E-state index contributed by atoms with van der Waals surface area (Å²) in [5, 5.41) is 12.3. The van der Waals surface area contributed by atoms with Crippen molar-refractivity contribution < 1.29 is 13.9 Å². The van der Waals surface area contributed by atoms with E-state index >= 15 is 0 Å². The molecule has 2 aliphatic heterocycles. The molecule has 5 rings (SSSR count). The normalized spacial score (nSPS) is 15.6. The fraction of sp³-hybridized carbons (Fsp3) is 0.308. The summed E-state index contributed by atoms with van der Waals surface area (Å²) in [6.45, 7) is 4.00. The molecule has 0 radical (unpaired) electrons. The number of hydrogen-bond donors (Lipinski definition) is 1. The number of ether oxygens (including phenoxy) is 1. The Hall–Kier alpha value is -3.60. The second-order valence-electron chi connectivity index (χ2n) is 8.37. The molecule has 0 spiro atoms. The van der Waals surface area contributed by atoms with Crippen LogP contribution in [-0.2, 0) is 17.6 Å². The van der Waals surface area contributed by atoms with Crippen molar-refractivity contribution in [1.29, 1.82) is 5.26 Å². The summed E-state index contributed by atoms with van der Waals surface area (Å²) >= 11 is 0. The van der Waals surface area contributed by atoms with Crippen LogP contribution >= 0.6 is 0 Å². The fourth-order valence-corrected chi connectivity index (χ4v) is 4.55. The Kier molecular flexibility index (Phi) is 5.86. The van der Waals surface area contributed by atoms with Gasteiger partial charge in [-0.25, -0.2) is 0 Å². The largest absolute Gasteiger partial charge is 0.451 e. The Morgan fingerprint density at radius 2 is 1.88 bits per heavy atom. The van der Waals surface area contributed by atoms with Crippen LogP contribution in [0.25, 0.3) is 11.3 Å². The molecular formula is C26H26N4O3. The number of rotatable bonds is 5. The summed E-state index contributed by atoms with van der Waals surface area (Å²) in [5.74, 6) is 0.798. The van der Waals surface area contributed by atoms with E-state index in [0.29, 0.717) is 24.4 Å². The lowest BCUT2D eigenvalue weighted by atomic mass is 10.0. The van der Waals surface area contributed by atoms with Crippen molar-refractivity contribution in [3.8, 4) is 17.4 Å². The lowest BCUT2D eigenvalue weighted by molar-refractivity contribution is 0.0910. The maximum Gasteiger partial charge on any atom is 0.296 e. The second-order valence-corrected chi connectivity index (χ2v) is 8.37. The quantitative estimate of drug-likeness (QED) is 0.651. The molecular weight excluding hydrogens is 416 g/mol. The highest BCUT2D eigenvalue weighted by Crippen LogP contribution is 2.37. The van der Waals surface area contributed by atoms with Gasteiger partial charge in [0, 0.05) is 56.5 Å². The van der Waals surface area contributed by atoms with Crippen molar-refractivity contribution in [2.75, 3.05) is 49.8 Å². The maximum absolute atomic E-state index is 13.5. The van der Waals surface area contributed by atoms with Crippen LogP contribution in [0, 0.1) is 11.3 Å². The van der Waals surface area contributed by atoms with E-state index in [0.717, 1.165) is 54.1 Å². The molecule has 2 aliphatic rings. The van der Waals surface area contributed by atoms with Crippen LogP contribution in [0.1, 0.15) is 27.2 Å². The predicted molar refractivity (Wildman–Crippen MR) is 126 cm³/mol. The number of fused-ring (bicyclic) bond motifs is 2. The zero-order chi connectivity index (χ0) is 22.8. The van der Waals surface area contributed by atoms with E-state index in [4.69, 9.17) is 14.4 Å². The zero-order valence-electron chi connectivity index (χ0n) is 18.6. The third kappa shape index (κ3) is 4.11. The number of carbonyl (C=O) groups excluding carboxylic acids is 1. The number of benzene rings is 2. The van der Waals surface area contributed by atoms with Crippen molar-refractivity contribution in [2.45, 2.75) is 12.8 Å². The van der Waals surface area contributed by atoms with Crippen LogP contribution in [0.2, 0.25) is 0 Å². The summed E-state index contributed by atoms with van der Waals surface area (Å²) in [7, 11) is 1.59. The number of hydrogen-bond acceptors (Lipinski definition) is 6. The summed E-state index contributed by atoms with van der Waals surface area (Å²) < 4.78 is 11.5. The van der Waals surface area contributed by atoms with Gasteiger partial charge in [0.05, 0.1) is 18.2 Å². The highest BCUT2D eigenvalue weighted by molar-refractivity contribution is 6.07. The maximum atomic E-state index is 13.5. The lowest BCUT2D eigenvalue weighted by Gasteiger charge is -2.30. The van der Waals surface area contributed by atoms with Gasteiger partial charge in [0.25, 0.3) is 5.91 Å². The molecule has 3 heterocycles. The third-order valence-electron chi connectivity index (χ3n) is 6.25. The second kappa shape index (κ2) is 9.10. The Morgan fingerprint density at radius 1 is 1.09 bits per heavy atom. The lowest BCUT2D eigenvalue weighted by Crippen LogP contribution is -2.43. The van der Waals surface area contributed by atoms with E-state index < -0.39 is 0 Å². The van der Waals surface area contributed by atoms with Gasteiger partial charge in [0.15, 0.2) is 5.76 Å². The van der Waals surface area contributed by atoms with Crippen LogP contribution < -0.4 is 15.1 Å². The number of piperazine rings is 1. The highest BCUT2D eigenvalue weighted by atomic mass is 16.5. The molecule has 3 aromatic rings. The third-order valence-corrected chi connectivity index (χ3v) is 6.25. The SMILES string of the molecule is COCN1C(=O)c2oc(-c3ccc(CC#N)cc3)cc2Cc2cc(N3CCNCC3)ccc21. The Bertz CT molecular complexity index is 1200. The molecule has 33 heavy (non-hydrogen) atoms. The summed E-state index contributed by atoms with van der Waals surface area (Å²) in [5.41, 5.74) is 5.80. The number of furan rings is 1. The Morgan fingerprint density at radius 3 is 2.61 bits per heavy atom. The van der Waals surface area contributed by atoms with Gasteiger partial charge in [-0.1, -0.05) is 24.3 Å². The first-order chi connectivity index (χ1) is 16.2. The molecule has 1 saturated heterocycles. The van der Waals surface area contributed by atoms with Gasteiger partial charge in [0.1, 0.15) is 12.5 Å². The number of amides is 1. The average Bonchev–Trinajstić information content (AvgIpc) is 3.23. The molecule has 1 aromatic heterocycles. The molecule has 0 unspecified atom stereocenters.